The normalized spacial score (nSPS) is 15.8. The Balaban J connectivity index is 1.33. The fourth-order valence-electron chi connectivity index (χ4n) is 3.08. The molecule has 0 unspecified atom stereocenters. The average molecular weight is 358 g/mol. The second-order valence-electron chi connectivity index (χ2n) is 6.02. The molecule has 0 saturated carbocycles. The SMILES string of the molecule is S=C(NCc1ccco1)N1CCC(c2nc3ccccc3s2)CC1. The Morgan fingerprint density at radius 3 is 2.83 bits per heavy atom. The van der Waals surface area contributed by atoms with Crippen LogP contribution in [0.1, 0.15) is 29.5 Å². The van der Waals surface area contributed by atoms with E-state index in [1.54, 1.807) is 6.26 Å². The summed E-state index contributed by atoms with van der Waals surface area (Å²) in [6, 6.07) is 12.2. The van der Waals surface area contributed by atoms with Gasteiger partial charge in [-0.1, -0.05) is 12.1 Å². The van der Waals surface area contributed by atoms with Crippen LogP contribution < -0.4 is 5.32 Å². The molecule has 0 aliphatic carbocycles. The highest BCUT2D eigenvalue weighted by molar-refractivity contribution is 7.80. The maximum absolute atomic E-state index is 5.51. The van der Waals surface area contributed by atoms with Crippen molar-refractivity contribution in [2.45, 2.75) is 25.3 Å². The van der Waals surface area contributed by atoms with Gasteiger partial charge in [-0.15, -0.1) is 11.3 Å². The first-order valence-corrected chi connectivity index (χ1v) is 9.43. The summed E-state index contributed by atoms with van der Waals surface area (Å²) in [6.07, 6.45) is 3.88. The van der Waals surface area contributed by atoms with Crippen molar-refractivity contribution >= 4 is 38.9 Å². The van der Waals surface area contributed by atoms with Crippen molar-refractivity contribution in [3.05, 3.63) is 53.4 Å². The highest BCUT2D eigenvalue weighted by Crippen LogP contribution is 2.33. The Bertz CT molecular complexity index is 787. The van der Waals surface area contributed by atoms with Crippen LogP contribution in [0.4, 0.5) is 0 Å². The number of hydrogen-bond acceptors (Lipinski definition) is 4. The summed E-state index contributed by atoms with van der Waals surface area (Å²) in [6.45, 7) is 2.60. The molecular weight excluding hydrogens is 338 g/mol. The highest BCUT2D eigenvalue weighted by atomic mass is 32.1. The van der Waals surface area contributed by atoms with Gasteiger partial charge < -0.3 is 14.6 Å². The predicted octanol–water partition coefficient (Wildman–Crippen LogP) is 4.14. The van der Waals surface area contributed by atoms with Gasteiger partial charge in [0.1, 0.15) is 5.76 Å². The number of thiazole rings is 1. The van der Waals surface area contributed by atoms with Crippen molar-refractivity contribution < 1.29 is 4.42 Å². The van der Waals surface area contributed by atoms with E-state index in [0.717, 1.165) is 42.3 Å². The van der Waals surface area contributed by atoms with Crippen LogP contribution in [0.2, 0.25) is 0 Å². The van der Waals surface area contributed by atoms with Gasteiger partial charge in [-0.3, -0.25) is 0 Å². The summed E-state index contributed by atoms with van der Waals surface area (Å²) in [5.41, 5.74) is 1.12. The van der Waals surface area contributed by atoms with Gasteiger partial charge in [0, 0.05) is 19.0 Å². The van der Waals surface area contributed by atoms with Gasteiger partial charge in [-0.25, -0.2) is 4.98 Å². The second kappa shape index (κ2) is 6.91. The lowest BCUT2D eigenvalue weighted by Gasteiger charge is -2.33. The lowest BCUT2D eigenvalue weighted by atomic mass is 9.98. The van der Waals surface area contributed by atoms with Crippen molar-refractivity contribution in [3.8, 4) is 0 Å². The van der Waals surface area contributed by atoms with E-state index < -0.39 is 0 Å². The van der Waals surface area contributed by atoms with Gasteiger partial charge in [-0.05, 0) is 49.3 Å². The Labute approximate surface area is 150 Å². The number of thiocarbonyl (C=S) groups is 1. The molecule has 24 heavy (non-hydrogen) atoms. The zero-order valence-corrected chi connectivity index (χ0v) is 14.9. The number of furan rings is 1. The van der Waals surface area contributed by atoms with Gasteiger partial charge in [0.25, 0.3) is 0 Å². The van der Waals surface area contributed by atoms with Crippen molar-refractivity contribution in [1.82, 2.24) is 15.2 Å². The van der Waals surface area contributed by atoms with Crippen LogP contribution in [0.3, 0.4) is 0 Å². The Morgan fingerprint density at radius 1 is 1.25 bits per heavy atom. The molecule has 3 heterocycles. The molecule has 4 rings (SSSR count). The molecule has 4 nitrogen and oxygen atoms in total. The molecule has 0 spiro atoms. The molecule has 6 heteroatoms. The molecule has 1 fully saturated rings. The number of rotatable bonds is 3. The molecular formula is C18H19N3OS2. The number of aromatic nitrogens is 1. The minimum atomic E-state index is 0.548. The summed E-state index contributed by atoms with van der Waals surface area (Å²) in [5, 5.41) is 5.36. The number of nitrogens with one attached hydrogen (secondary N) is 1. The van der Waals surface area contributed by atoms with E-state index in [4.69, 9.17) is 21.6 Å². The summed E-state index contributed by atoms with van der Waals surface area (Å²) < 4.78 is 6.61. The molecule has 2 aromatic heterocycles. The first-order chi connectivity index (χ1) is 11.8. The molecule has 124 valence electrons. The fraction of sp³-hybridized carbons (Fsp3) is 0.333. The van der Waals surface area contributed by atoms with Gasteiger partial charge in [0.15, 0.2) is 5.11 Å². The van der Waals surface area contributed by atoms with Crippen molar-refractivity contribution in [3.63, 3.8) is 0 Å². The zero-order valence-electron chi connectivity index (χ0n) is 13.3. The predicted molar refractivity (Wildman–Crippen MR) is 101 cm³/mol. The van der Waals surface area contributed by atoms with Gasteiger partial charge in [0.05, 0.1) is 28.0 Å². The summed E-state index contributed by atoms with van der Waals surface area (Å²) >= 11 is 7.35. The molecule has 1 saturated heterocycles. The minimum Gasteiger partial charge on any atom is -0.467 e. The number of benzene rings is 1. The molecule has 1 N–H and O–H groups in total. The van der Waals surface area contributed by atoms with Crippen LogP contribution in [0.15, 0.2) is 47.1 Å². The smallest absolute Gasteiger partial charge is 0.169 e. The third-order valence-corrected chi connectivity index (χ3v) is 6.04. The Morgan fingerprint density at radius 2 is 2.08 bits per heavy atom. The van der Waals surface area contributed by atoms with E-state index in [1.165, 1.54) is 9.71 Å². The van der Waals surface area contributed by atoms with Crippen LogP contribution in [-0.2, 0) is 6.54 Å². The summed E-state index contributed by atoms with van der Waals surface area (Å²) in [5.74, 6) is 1.45. The quantitative estimate of drug-likeness (QED) is 0.714. The molecule has 1 aliphatic heterocycles. The third kappa shape index (κ3) is 3.30. The lowest BCUT2D eigenvalue weighted by Crippen LogP contribution is -2.43. The first kappa shape index (κ1) is 15.6. The van der Waals surface area contributed by atoms with Gasteiger partial charge in [-0.2, -0.15) is 0 Å². The number of piperidine rings is 1. The molecule has 0 atom stereocenters. The van der Waals surface area contributed by atoms with E-state index in [9.17, 15) is 0 Å². The second-order valence-corrected chi connectivity index (χ2v) is 7.47. The molecule has 3 aromatic rings. The largest absolute Gasteiger partial charge is 0.467 e. The van der Waals surface area contributed by atoms with Gasteiger partial charge >= 0.3 is 0 Å². The van der Waals surface area contributed by atoms with Crippen molar-refractivity contribution in [2.24, 2.45) is 0 Å². The molecule has 0 bridgehead atoms. The van der Waals surface area contributed by atoms with Crippen molar-refractivity contribution in [2.75, 3.05) is 13.1 Å². The lowest BCUT2D eigenvalue weighted by molar-refractivity contribution is 0.308. The highest BCUT2D eigenvalue weighted by Gasteiger charge is 2.24. The number of likely N-dealkylation sites (tertiary alicyclic amines) is 1. The maximum atomic E-state index is 5.51. The Hall–Kier alpha value is -1.92. The fourth-order valence-corrected chi connectivity index (χ4v) is 4.47. The summed E-state index contributed by atoms with van der Waals surface area (Å²) in [4.78, 5) is 7.07. The van der Waals surface area contributed by atoms with Crippen LogP contribution in [0.5, 0.6) is 0 Å². The van der Waals surface area contributed by atoms with Crippen LogP contribution in [0, 0.1) is 0 Å². The topological polar surface area (TPSA) is 41.3 Å². The van der Waals surface area contributed by atoms with Gasteiger partial charge in [0.2, 0.25) is 0 Å². The zero-order chi connectivity index (χ0) is 16.4. The van der Waals surface area contributed by atoms with Crippen LogP contribution in [-0.4, -0.2) is 28.1 Å². The van der Waals surface area contributed by atoms with E-state index in [2.05, 4.69) is 34.5 Å². The van der Waals surface area contributed by atoms with Crippen LogP contribution in [0.25, 0.3) is 10.2 Å². The maximum Gasteiger partial charge on any atom is 0.169 e. The average Bonchev–Trinajstić information content (AvgIpc) is 3.29. The number of nitrogens with zero attached hydrogens (tertiary/aromatic N) is 2. The Kier molecular flexibility index (Phi) is 4.49. The number of hydrogen-bond donors (Lipinski definition) is 1. The monoisotopic (exact) mass is 357 g/mol. The standard InChI is InChI=1S/C18H19N3OS2/c23-18(19-12-14-4-3-11-22-14)21-9-7-13(8-10-21)17-20-15-5-1-2-6-16(15)24-17/h1-6,11,13H,7-10,12H2,(H,19,23). The molecule has 0 radical (unpaired) electrons. The minimum absolute atomic E-state index is 0.548. The summed E-state index contributed by atoms with van der Waals surface area (Å²) in [7, 11) is 0. The first-order valence-electron chi connectivity index (χ1n) is 8.20. The third-order valence-electron chi connectivity index (χ3n) is 4.44. The molecule has 1 aromatic carbocycles. The molecule has 0 amide bonds. The van der Waals surface area contributed by atoms with E-state index >= 15 is 0 Å². The number of para-hydroxylation sites is 1. The van der Waals surface area contributed by atoms with Crippen LogP contribution >= 0.6 is 23.6 Å². The van der Waals surface area contributed by atoms with E-state index in [1.807, 2.05) is 23.5 Å². The molecule has 1 aliphatic rings. The number of fused-ring (bicyclic) bond motifs is 1. The van der Waals surface area contributed by atoms with Crippen molar-refractivity contribution in [1.29, 1.82) is 0 Å². The van der Waals surface area contributed by atoms with E-state index in [-0.39, 0.29) is 0 Å². The van der Waals surface area contributed by atoms with E-state index in [0.29, 0.717) is 12.5 Å².